The first-order chi connectivity index (χ1) is 10.3. The molecule has 0 radical (unpaired) electrons. The zero-order valence-corrected chi connectivity index (χ0v) is 14.1. The van der Waals surface area contributed by atoms with Crippen molar-refractivity contribution >= 4 is 0 Å². The summed E-state index contributed by atoms with van der Waals surface area (Å²) in [6.07, 6.45) is 2.52. The summed E-state index contributed by atoms with van der Waals surface area (Å²) in [6.45, 7) is 9.10. The summed E-state index contributed by atoms with van der Waals surface area (Å²) in [5, 5.41) is 11.1. The van der Waals surface area contributed by atoms with Gasteiger partial charge in [-0.15, -0.1) is 0 Å². The van der Waals surface area contributed by atoms with Crippen molar-refractivity contribution in [3.8, 4) is 0 Å². The Labute approximate surface area is 134 Å². The van der Waals surface area contributed by atoms with Crippen LogP contribution in [0.15, 0.2) is 30.3 Å². The fourth-order valence-corrected chi connectivity index (χ4v) is 4.33. The van der Waals surface area contributed by atoms with Crippen LogP contribution in [0.2, 0.25) is 0 Å². The average Bonchev–Trinajstić information content (AvgIpc) is 2.39. The minimum absolute atomic E-state index is 0.158. The number of nitrogens with zero attached hydrogens (tertiary/aromatic N) is 1. The molecule has 2 bridgehead atoms. The zero-order chi connectivity index (χ0) is 15.8. The van der Waals surface area contributed by atoms with Crippen LogP contribution in [0.5, 0.6) is 0 Å². The van der Waals surface area contributed by atoms with Gasteiger partial charge in [-0.1, -0.05) is 51.1 Å². The van der Waals surface area contributed by atoms with Crippen LogP contribution in [0.25, 0.3) is 0 Å². The number of piperidine rings is 1. The molecule has 2 aliphatic heterocycles. The number of benzene rings is 1. The van der Waals surface area contributed by atoms with Crippen molar-refractivity contribution in [2.45, 2.75) is 64.3 Å². The lowest BCUT2D eigenvalue weighted by Crippen LogP contribution is -2.61. The van der Waals surface area contributed by atoms with Crippen molar-refractivity contribution in [1.82, 2.24) is 4.90 Å². The molecule has 1 N–H and O–H groups in total. The van der Waals surface area contributed by atoms with Gasteiger partial charge in [0.15, 0.2) is 0 Å². The van der Waals surface area contributed by atoms with Crippen molar-refractivity contribution in [3.05, 3.63) is 35.9 Å². The molecule has 3 rings (SSSR count). The Balaban J connectivity index is 1.74. The first kappa shape index (κ1) is 16.0. The monoisotopic (exact) mass is 303 g/mol. The molecule has 2 saturated heterocycles. The number of aliphatic hydroxyl groups is 1. The third-order valence-electron chi connectivity index (χ3n) is 4.86. The van der Waals surface area contributed by atoms with Crippen LogP contribution in [0.1, 0.15) is 45.6 Å². The molecule has 3 nitrogen and oxygen atoms in total. The van der Waals surface area contributed by atoms with Crippen LogP contribution in [-0.2, 0) is 11.3 Å². The van der Waals surface area contributed by atoms with Crippen LogP contribution < -0.4 is 0 Å². The summed E-state index contributed by atoms with van der Waals surface area (Å²) in [5.41, 5.74) is 0.969. The lowest BCUT2D eigenvalue weighted by atomic mass is 9.72. The highest BCUT2D eigenvalue weighted by atomic mass is 16.5. The normalized spacial score (nSPS) is 32.9. The lowest BCUT2D eigenvalue weighted by molar-refractivity contribution is -0.155. The van der Waals surface area contributed by atoms with E-state index in [2.05, 4.69) is 56.0 Å². The highest BCUT2D eigenvalue weighted by Gasteiger charge is 2.47. The molecule has 2 heterocycles. The molecule has 1 aromatic rings. The third-order valence-corrected chi connectivity index (χ3v) is 4.86. The maximum atomic E-state index is 11.1. The second-order valence-corrected chi connectivity index (χ2v) is 8.37. The van der Waals surface area contributed by atoms with Crippen LogP contribution in [-0.4, -0.2) is 40.9 Å². The number of ether oxygens (including phenoxy) is 1. The Hall–Kier alpha value is -0.900. The minimum Gasteiger partial charge on any atom is -0.390 e. The Morgan fingerprint density at radius 2 is 1.73 bits per heavy atom. The van der Waals surface area contributed by atoms with Gasteiger partial charge in [-0.25, -0.2) is 0 Å². The second kappa shape index (κ2) is 5.95. The summed E-state index contributed by atoms with van der Waals surface area (Å²) in [6, 6.07) is 11.3. The zero-order valence-electron chi connectivity index (χ0n) is 14.1. The van der Waals surface area contributed by atoms with Crippen LogP contribution >= 0.6 is 0 Å². The predicted octanol–water partition coefficient (Wildman–Crippen LogP) is 3.22. The van der Waals surface area contributed by atoms with Crippen molar-refractivity contribution < 1.29 is 9.84 Å². The maximum absolute atomic E-state index is 11.1. The van der Waals surface area contributed by atoms with Gasteiger partial charge in [-0.3, -0.25) is 4.90 Å². The highest BCUT2D eigenvalue weighted by molar-refractivity contribution is 5.15. The standard InChI is InChI=1S/C19H29NO2/c1-18(2,3)14-19(21)9-16-12-22-13-17(10-19)20(16)11-15-7-5-4-6-8-15/h4-8,16-17,21H,9-14H2,1-3H3. The molecule has 1 aromatic carbocycles. The van der Waals surface area contributed by atoms with E-state index in [-0.39, 0.29) is 5.41 Å². The third kappa shape index (κ3) is 3.70. The molecule has 3 heteroatoms. The summed E-state index contributed by atoms with van der Waals surface area (Å²) < 4.78 is 5.78. The van der Waals surface area contributed by atoms with Gasteiger partial charge in [-0.2, -0.15) is 0 Å². The van der Waals surface area contributed by atoms with Crippen molar-refractivity contribution in [2.75, 3.05) is 13.2 Å². The highest BCUT2D eigenvalue weighted by Crippen LogP contribution is 2.41. The minimum atomic E-state index is -0.537. The Bertz CT molecular complexity index is 480. The summed E-state index contributed by atoms with van der Waals surface area (Å²) in [4.78, 5) is 2.55. The SMILES string of the molecule is CC(C)(C)CC1(O)CC2COCC(C1)N2Cc1ccccc1. The van der Waals surface area contributed by atoms with E-state index in [0.717, 1.165) is 39.0 Å². The van der Waals surface area contributed by atoms with E-state index in [4.69, 9.17) is 4.74 Å². The smallest absolute Gasteiger partial charge is 0.0684 e. The van der Waals surface area contributed by atoms with E-state index in [1.807, 2.05) is 0 Å². The predicted molar refractivity (Wildman–Crippen MR) is 88.6 cm³/mol. The van der Waals surface area contributed by atoms with Crippen molar-refractivity contribution in [1.29, 1.82) is 0 Å². The fraction of sp³-hybridized carbons (Fsp3) is 0.684. The largest absolute Gasteiger partial charge is 0.390 e. The first-order valence-electron chi connectivity index (χ1n) is 8.45. The maximum Gasteiger partial charge on any atom is 0.0684 e. The molecule has 122 valence electrons. The molecule has 2 atom stereocenters. The molecule has 2 unspecified atom stereocenters. The van der Waals surface area contributed by atoms with E-state index < -0.39 is 5.60 Å². The van der Waals surface area contributed by atoms with E-state index in [1.165, 1.54) is 5.56 Å². The van der Waals surface area contributed by atoms with E-state index in [1.54, 1.807) is 0 Å². The number of hydrogen-bond donors (Lipinski definition) is 1. The molecule has 2 aliphatic rings. The number of rotatable bonds is 3. The van der Waals surface area contributed by atoms with Gasteiger partial charge in [0.05, 0.1) is 18.8 Å². The van der Waals surface area contributed by atoms with Gasteiger partial charge < -0.3 is 9.84 Å². The molecule has 0 spiro atoms. The molecule has 22 heavy (non-hydrogen) atoms. The summed E-state index contributed by atoms with van der Waals surface area (Å²) >= 11 is 0. The van der Waals surface area contributed by atoms with Crippen LogP contribution in [0.3, 0.4) is 0 Å². The topological polar surface area (TPSA) is 32.7 Å². The van der Waals surface area contributed by atoms with Crippen molar-refractivity contribution in [3.63, 3.8) is 0 Å². The molecular weight excluding hydrogens is 274 g/mol. The number of hydrogen-bond acceptors (Lipinski definition) is 3. The molecule has 0 aliphatic carbocycles. The Morgan fingerprint density at radius 3 is 2.27 bits per heavy atom. The first-order valence-corrected chi connectivity index (χ1v) is 8.45. The van der Waals surface area contributed by atoms with E-state index in [0.29, 0.717) is 12.1 Å². The Morgan fingerprint density at radius 1 is 1.14 bits per heavy atom. The molecule has 0 amide bonds. The average molecular weight is 303 g/mol. The van der Waals surface area contributed by atoms with Gasteiger partial charge in [0, 0.05) is 18.6 Å². The second-order valence-electron chi connectivity index (χ2n) is 8.37. The van der Waals surface area contributed by atoms with Crippen LogP contribution in [0, 0.1) is 5.41 Å². The van der Waals surface area contributed by atoms with E-state index >= 15 is 0 Å². The van der Waals surface area contributed by atoms with Gasteiger partial charge in [0.25, 0.3) is 0 Å². The van der Waals surface area contributed by atoms with Gasteiger partial charge >= 0.3 is 0 Å². The molecule has 0 aromatic heterocycles. The van der Waals surface area contributed by atoms with E-state index in [9.17, 15) is 5.11 Å². The Kier molecular flexibility index (Phi) is 4.32. The quantitative estimate of drug-likeness (QED) is 0.930. The summed E-state index contributed by atoms with van der Waals surface area (Å²) in [7, 11) is 0. The molecule has 0 saturated carbocycles. The molecule has 2 fully saturated rings. The van der Waals surface area contributed by atoms with Crippen molar-refractivity contribution in [2.24, 2.45) is 5.41 Å². The van der Waals surface area contributed by atoms with Gasteiger partial charge in [0.2, 0.25) is 0 Å². The number of fused-ring (bicyclic) bond motifs is 2. The van der Waals surface area contributed by atoms with Gasteiger partial charge in [-0.05, 0) is 30.2 Å². The number of morpholine rings is 1. The van der Waals surface area contributed by atoms with Gasteiger partial charge in [0.1, 0.15) is 0 Å². The fourth-order valence-electron chi connectivity index (χ4n) is 4.33. The summed E-state index contributed by atoms with van der Waals surface area (Å²) in [5.74, 6) is 0. The van der Waals surface area contributed by atoms with Crippen LogP contribution in [0.4, 0.5) is 0 Å². The lowest BCUT2D eigenvalue weighted by Gasteiger charge is -2.53. The molecular formula is C19H29NO2.